The predicted molar refractivity (Wildman–Crippen MR) is 57.2 cm³/mol. The molecule has 0 aromatic carbocycles. The minimum Gasteiger partial charge on any atom is -0.377 e. The molecule has 2 unspecified atom stereocenters. The maximum atomic E-state index is 5.89. The first-order valence-corrected chi connectivity index (χ1v) is 5.88. The van der Waals surface area contributed by atoms with Crippen molar-refractivity contribution in [2.24, 2.45) is 5.73 Å². The van der Waals surface area contributed by atoms with Crippen molar-refractivity contribution < 1.29 is 4.74 Å². The zero-order valence-electron chi connectivity index (χ0n) is 9.11. The highest BCUT2D eigenvalue weighted by Gasteiger charge is 2.29. The Bertz CT molecular complexity index is 172. The number of hydrogen-bond acceptors (Lipinski definition) is 3. The molecule has 82 valence electrons. The van der Waals surface area contributed by atoms with Gasteiger partial charge in [0.1, 0.15) is 0 Å². The Morgan fingerprint density at radius 2 is 2.00 bits per heavy atom. The third kappa shape index (κ3) is 2.27. The average Bonchev–Trinajstić information content (AvgIpc) is 2.71. The third-order valence-corrected chi connectivity index (χ3v) is 3.65. The number of rotatable bonds is 2. The fourth-order valence-corrected chi connectivity index (χ4v) is 2.54. The first kappa shape index (κ1) is 10.4. The van der Waals surface area contributed by atoms with Crippen molar-refractivity contribution in [1.29, 1.82) is 0 Å². The van der Waals surface area contributed by atoms with E-state index in [9.17, 15) is 0 Å². The topological polar surface area (TPSA) is 38.5 Å². The highest BCUT2D eigenvalue weighted by Crippen LogP contribution is 2.21. The van der Waals surface area contributed by atoms with Crippen molar-refractivity contribution in [2.45, 2.75) is 50.8 Å². The molecule has 0 bridgehead atoms. The standard InChI is InChI=1S/C11H22N2O/c1-9(11-3-2-8-14-11)13-6-4-10(12)5-7-13/h9-11H,2-8,12H2,1H3. The lowest BCUT2D eigenvalue weighted by molar-refractivity contribution is 0.0219. The monoisotopic (exact) mass is 198 g/mol. The molecule has 2 aliphatic heterocycles. The predicted octanol–water partition coefficient (Wildman–Crippen LogP) is 0.977. The molecule has 2 saturated heterocycles. The van der Waals surface area contributed by atoms with Crippen molar-refractivity contribution in [2.75, 3.05) is 19.7 Å². The van der Waals surface area contributed by atoms with E-state index >= 15 is 0 Å². The summed E-state index contributed by atoms with van der Waals surface area (Å²) >= 11 is 0. The molecule has 0 aliphatic carbocycles. The van der Waals surface area contributed by atoms with Crippen molar-refractivity contribution in [3.8, 4) is 0 Å². The van der Waals surface area contributed by atoms with Crippen LogP contribution in [0.25, 0.3) is 0 Å². The van der Waals surface area contributed by atoms with E-state index in [0.29, 0.717) is 18.2 Å². The van der Waals surface area contributed by atoms with Gasteiger partial charge in [-0.3, -0.25) is 4.90 Å². The maximum absolute atomic E-state index is 5.89. The van der Waals surface area contributed by atoms with Crippen molar-refractivity contribution in [3.63, 3.8) is 0 Å². The van der Waals surface area contributed by atoms with E-state index < -0.39 is 0 Å². The summed E-state index contributed by atoms with van der Waals surface area (Å²) in [7, 11) is 0. The van der Waals surface area contributed by atoms with Crippen LogP contribution in [-0.2, 0) is 4.74 Å². The van der Waals surface area contributed by atoms with Crippen LogP contribution in [0.1, 0.15) is 32.6 Å². The molecule has 0 aromatic heterocycles. The second kappa shape index (κ2) is 4.60. The molecule has 2 fully saturated rings. The molecule has 3 nitrogen and oxygen atoms in total. The summed E-state index contributed by atoms with van der Waals surface area (Å²) in [5.74, 6) is 0. The van der Waals surface area contributed by atoms with Crippen molar-refractivity contribution >= 4 is 0 Å². The molecular weight excluding hydrogens is 176 g/mol. The lowest BCUT2D eigenvalue weighted by Crippen LogP contribution is -2.48. The molecular formula is C11H22N2O. The quantitative estimate of drug-likeness (QED) is 0.719. The lowest BCUT2D eigenvalue weighted by atomic mass is 10.0. The summed E-state index contributed by atoms with van der Waals surface area (Å²) in [6, 6.07) is 1.02. The van der Waals surface area contributed by atoms with Gasteiger partial charge in [-0.15, -0.1) is 0 Å². The molecule has 14 heavy (non-hydrogen) atoms. The van der Waals surface area contributed by atoms with Gasteiger partial charge in [-0.2, -0.15) is 0 Å². The second-order valence-corrected chi connectivity index (χ2v) is 4.67. The molecule has 3 heteroatoms. The van der Waals surface area contributed by atoms with Crippen LogP contribution in [-0.4, -0.2) is 42.8 Å². The van der Waals surface area contributed by atoms with Crippen LogP contribution in [0.5, 0.6) is 0 Å². The number of piperidine rings is 1. The molecule has 0 spiro atoms. The number of likely N-dealkylation sites (tertiary alicyclic amines) is 1. The number of hydrogen-bond donors (Lipinski definition) is 1. The summed E-state index contributed by atoms with van der Waals surface area (Å²) in [5, 5.41) is 0. The SMILES string of the molecule is CC(C1CCCO1)N1CCC(N)CC1. The van der Waals surface area contributed by atoms with Crippen LogP contribution in [0.15, 0.2) is 0 Å². The number of nitrogens with zero attached hydrogens (tertiary/aromatic N) is 1. The van der Waals surface area contributed by atoms with Crippen LogP contribution in [0.4, 0.5) is 0 Å². The van der Waals surface area contributed by atoms with Crippen molar-refractivity contribution in [3.05, 3.63) is 0 Å². The fourth-order valence-electron chi connectivity index (χ4n) is 2.54. The van der Waals surface area contributed by atoms with Gasteiger partial charge in [0.25, 0.3) is 0 Å². The Hall–Kier alpha value is -0.120. The van der Waals surface area contributed by atoms with Gasteiger partial charge in [0.2, 0.25) is 0 Å². The summed E-state index contributed by atoms with van der Waals surface area (Å²) in [4.78, 5) is 2.54. The fraction of sp³-hybridized carbons (Fsp3) is 1.00. The van der Waals surface area contributed by atoms with Gasteiger partial charge in [0.15, 0.2) is 0 Å². The van der Waals surface area contributed by atoms with E-state index in [1.807, 2.05) is 0 Å². The van der Waals surface area contributed by atoms with Crippen molar-refractivity contribution in [1.82, 2.24) is 4.90 Å². The Labute approximate surface area is 86.6 Å². The Balaban J connectivity index is 1.82. The molecule has 2 atom stereocenters. The largest absolute Gasteiger partial charge is 0.377 e. The second-order valence-electron chi connectivity index (χ2n) is 4.67. The Morgan fingerprint density at radius 3 is 2.57 bits per heavy atom. The number of ether oxygens (including phenoxy) is 1. The van der Waals surface area contributed by atoms with Gasteiger partial charge >= 0.3 is 0 Å². The maximum Gasteiger partial charge on any atom is 0.0728 e. The molecule has 2 heterocycles. The van der Waals surface area contributed by atoms with Gasteiger partial charge < -0.3 is 10.5 Å². The minimum absolute atomic E-state index is 0.433. The summed E-state index contributed by atoms with van der Waals surface area (Å²) in [6.07, 6.45) is 5.25. The van der Waals surface area contributed by atoms with Crippen LogP contribution in [0.2, 0.25) is 0 Å². The highest BCUT2D eigenvalue weighted by atomic mass is 16.5. The normalized spacial score (nSPS) is 33.4. The van der Waals surface area contributed by atoms with Gasteiger partial charge in [-0.1, -0.05) is 0 Å². The summed E-state index contributed by atoms with van der Waals surface area (Å²) in [6.45, 7) is 5.57. The zero-order chi connectivity index (χ0) is 9.97. The van der Waals surface area contributed by atoms with Crippen LogP contribution in [0.3, 0.4) is 0 Å². The Morgan fingerprint density at radius 1 is 1.29 bits per heavy atom. The van der Waals surface area contributed by atoms with Gasteiger partial charge in [0.05, 0.1) is 6.10 Å². The van der Waals surface area contributed by atoms with E-state index in [1.54, 1.807) is 0 Å². The molecule has 2 rings (SSSR count). The van der Waals surface area contributed by atoms with Crippen LogP contribution >= 0.6 is 0 Å². The Kier molecular flexibility index (Phi) is 3.42. The molecule has 0 saturated carbocycles. The van der Waals surface area contributed by atoms with E-state index in [0.717, 1.165) is 32.5 Å². The number of nitrogens with two attached hydrogens (primary N) is 1. The molecule has 2 aliphatic rings. The first-order chi connectivity index (χ1) is 6.77. The van der Waals surface area contributed by atoms with Crippen LogP contribution < -0.4 is 5.73 Å². The zero-order valence-corrected chi connectivity index (χ0v) is 9.11. The van der Waals surface area contributed by atoms with E-state index in [4.69, 9.17) is 10.5 Å². The minimum atomic E-state index is 0.433. The summed E-state index contributed by atoms with van der Waals surface area (Å²) < 4.78 is 5.72. The molecule has 0 aromatic rings. The van der Waals surface area contributed by atoms with E-state index in [1.165, 1.54) is 12.8 Å². The molecule has 0 amide bonds. The molecule has 2 N–H and O–H groups in total. The summed E-state index contributed by atoms with van der Waals surface area (Å²) in [5.41, 5.74) is 5.89. The average molecular weight is 198 g/mol. The smallest absolute Gasteiger partial charge is 0.0728 e. The van der Waals surface area contributed by atoms with E-state index in [2.05, 4.69) is 11.8 Å². The van der Waals surface area contributed by atoms with Gasteiger partial charge in [-0.05, 0) is 45.7 Å². The van der Waals surface area contributed by atoms with Gasteiger partial charge in [-0.25, -0.2) is 0 Å². The van der Waals surface area contributed by atoms with Crippen LogP contribution in [0, 0.1) is 0 Å². The molecule has 0 radical (unpaired) electrons. The third-order valence-electron chi connectivity index (χ3n) is 3.65. The van der Waals surface area contributed by atoms with E-state index in [-0.39, 0.29) is 0 Å². The first-order valence-electron chi connectivity index (χ1n) is 5.88. The highest BCUT2D eigenvalue weighted by molar-refractivity contribution is 4.83. The lowest BCUT2D eigenvalue weighted by Gasteiger charge is -2.37. The van der Waals surface area contributed by atoms with Gasteiger partial charge in [0, 0.05) is 18.7 Å².